The predicted molar refractivity (Wildman–Crippen MR) is 40.8 cm³/mol. The number of allylic oxidation sites excluding steroid dienone is 4. The lowest BCUT2D eigenvalue weighted by Crippen LogP contribution is -2.10. The first-order valence-corrected chi connectivity index (χ1v) is 2.97. The van der Waals surface area contributed by atoms with Gasteiger partial charge in [-0.05, 0) is 18.2 Å². The van der Waals surface area contributed by atoms with Crippen LogP contribution in [0.5, 0.6) is 0 Å². The van der Waals surface area contributed by atoms with Crippen LogP contribution >= 0.6 is 0 Å². The minimum Gasteiger partial charge on any atom is -0.309 e. The first-order chi connectivity index (χ1) is 5.52. The van der Waals surface area contributed by atoms with Crippen LogP contribution in [0.15, 0.2) is 23.8 Å². The average molecular weight is 176 g/mol. The van der Waals surface area contributed by atoms with Crippen molar-refractivity contribution in [2.75, 3.05) is 0 Å². The minimum atomic E-state index is -4.46. The molecule has 66 valence electrons. The highest BCUT2D eigenvalue weighted by Gasteiger charge is 2.30. The van der Waals surface area contributed by atoms with Crippen molar-refractivity contribution in [3.8, 4) is 0 Å². The Morgan fingerprint density at radius 3 is 2.00 bits per heavy atom. The zero-order valence-electron chi connectivity index (χ0n) is 6.02. The largest absolute Gasteiger partial charge is 0.416 e. The molecular formula is C7H7F3N2. The summed E-state index contributed by atoms with van der Waals surface area (Å²) in [5.41, 5.74) is -0.944. The average Bonchev–Trinajstić information content (AvgIpc) is 1.95. The van der Waals surface area contributed by atoms with Gasteiger partial charge in [0.15, 0.2) is 0 Å². The van der Waals surface area contributed by atoms with Crippen LogP contribution in [0.1, 0.15) is 0 Å². The maximum absolute atomic E-state index is 11.9. The van der Waals surface area contributed by atoms with Crippen LogP contribution in [0, 0.1) is 10.8 Å². The molecule has 0 aromatic carbocycles. The molecule has 2 nitrogen and oxygen atoms in total. The maximum atomic E-state index is 11.9. The van der Waals surface area contributed by atoms with E-state index in [2.05, 4.69) is 0 Å². The van der Waals surface area contributed by atoms with Gasteiger partial charge in [0, 0.05) is 12.4 Å². The highest BCUT2D eigenvalue weighted by Crippen LogP contribution is 2.25. The fourth-order valence-corrected chi connectivity index (χ4v) is 0.486. The monoisotopic (exact) mass is 176 g/mol. The number of nitrogens with one attached hydrogen (secondary N) is 2. The predicted octanol–water partition coefficient (Wildman–Crippen LogP) is 2.33. The smallest absolute Gasteiger partial charge is 0.309 e. The Labute approximate surface area is 67.4 Å². The van der Waals surface area contributed by atoms with E-state index >= 15 is 0 Å². The van der Waals surface area contributed by atoms with Gasteiger partial charge in [-0.2, -0.15) is 13.2 Å². The van der Waals surface area contributed by atoms with Crippen molar-refractivity contribution < 1.29 is 13.2 Å². The summed E-state index contributed by atoms with van der Waals surface area (Å²) in [6.45, 7) is 0. The molecule has 0 spiro atoms. The second-order valence-electron chi connectivity index (χ2n) is 1.81. The SMILES string of the molecule is N=C/C=C\C(=C/C=N)C(F)(F)F. The van der Waals surface area contributed by atoms with Crippen LogP contribution in [0.25, 0.3) is 0 Å². The Kier molecular flexibility index (Phi) is 3.96. The summed E-state index contributed by atoms with van der Waals surface area (Å²) in [6.07, 6.45) is -0.863. The molecule has 0 saturated heterocycles. The molecule has 0 aliphatic carbocycles. The lowest BCUT2D eigenvalue weighted by molar-refractivity contribution is -0.0880. The Bertz CT molecular complexity index is 225. The molecule has 0 amide bonds. The maximum Gasteiger partial charge on any atom is 0.416 e. The second kappa shape index (κ2) is 4.48. The van der Waals surface area contributed by atoms with Gasteiger partial charge in [0.2, 0.25) is 0 Å². The summed E-state index contributed by atoms with van der Waals surface area (Å²) in [7, 11) is 0. The van der Waals surface area contributed by atoms with Gasteiger partial charge >= 0.3 is 6.18 Å². The Hall–Kier alpha value is -1.39. The molecule has 0 rings (SSSR count). The van der Waals surface area contributed by atoms with E-state index in [1.807, 2.05) is 0 Å². The first kappa shape index (κ1) is 10.6. The molecule has 5 heteroatoms. The summed E-state index contributed by atoms with van der Waals surface area (Å²) < 4.78 is 35.8. The third-order valence-corrected chi connectivity index (χ3v) is 0.962. The van der Waals surface area contributed by atoms with Gasteiger partial charge in [0.25, 0.3) is 0 Å². The van der Waals surface area contributed by atoms with E-state index in [0.29, 0.717) is 12.3 Å². The van der Waals surface area contributed by atoms with Crippen molar-refractivity contribution in [2.45, 2.75) is 6.18 Å². The van der Waals surface area contributed by atoms with Gasteiger partial charge in [-0.3, -0.25) is 0 Å². The Balaban J connectivity index is 4.68. The van der Waals surface area contributed by atoms with Gasteiger partial charge in [-0.15, -0.1) is 0 Å². The van der Waals surface area contributed by atoms with Gasteiger partial charge in [-0.25, -0.2) is 0 Å². The van der Waals surface area contributed by atoms with Crippen molar-refractivity contribution in [1.82, 2.24) is 0 Å². The number of alkyl halides is 3. The van der Waals surface area contributed by atoms with E-state index in [4.69, 9.17) is 10.8 Å². The third-order valence-electron chi connectivity index (χ3n) is 0.962. The molecule has 0 fully saturated rings. The quantitative estimate of drug-likeness (QED) is 0.489. The normalized spacial score (nSPS) is 13.4. The number of halogens is 3. The lowest BCUT2D eigenvalue weighted by atomic mass is 10.2. The molecule has 0 saturated carbocycles. The van der Waals surface area contributed by atoms with Crippen molar-refractivity contribution in [3.05, 3.63) is 23.8 Å². The van der Waals surface area contributed by atoms with E-state index < -0.39 is 11.7 Å². The van der Waals surface area contributed by atoms with Crippen LogP contribution in [0.4, 0.5) is 13.2 Å². The Morgan fingerprint density at radius 2 is 1.67 bits per heavy atom. The first-order valence-electron chi connectivity index (χ1n) is 2.97. The van der Waals surface area contributed by atoms with Crippen LogP contribution in [-0.4, -0.2) is 18.6 Å². The number of hydrogen-bond donors (Lipinski definition) is 2. The zero-order chi connectivity index (χ0) is 9.61. The molecule has 2 N–H and O–H groups in total. The van der Waals surface area contributed by atoms with E-state index in [-0.39, 0.29) is 0 Å². The molecule has 0 heterocycles. The van der Waals surface area contributed by atoms with E-state index in [9.17, 15) is 13.2 Å². The molecule has 0 aliphatic rings. The highest BCUT2D eigenvalue weighted by atomic mass is 19.4. The molecule has 0 atom stereocenters. The Morgan fingerprint density at radius 1 is 1.08 bits per heavy atom. The van der Waals surface area contributed by atoms with Gasteiger partial charge in [-0.1, -0.05) is 0 Å². The van der Waals surface area contributed by atoms with Crippen molar-refractivity contribution in [2.24, 2.45) is 0 Å². The topological polar surface area (TPSA) is 47.7 Å². The molecule has 0 radical (unpaired) electrons. The van der Waals surface area contributed by atoms with Crippen molar-refractivity contribution in [3.63, 3.8) is 0 Å². The summed E-state index contributed by atoms with van der Waals surface area (Å²) in [6, 6.07) is 0. The van der Waals surface area contributed by atoms with Gasteiger partial charge in [0.05, 0.1) is 5.57 Å². The van der Waals surface area contributed by atoms with E-state index in [1.165, 1.54) is 0 Å². The zero-order valence-corrected chi connectivity index (χ0v) is 6.02. The summed E-state index contributed by atoms with van der Waals surface area (Å²) >= 11 is 0. The molecule has 0 unspecified atom stereocenters. The van der Waals surface area contributed by atoms with Gasteiger partial charge in [0.1, 0.15) is 0 Å². The van der Waals surface area contributed by atoms with Crippen LogP contribution in [0.2, 0.25) is 0 Å². The molecule has 0 aromatic rings. The van der Waals surface area contributed by atoms with Gasteiger partial charge < -0.3 is 10.8 Å². The fourth-order valence-electron chi connectivity index (χ4n) is 0.486. The fraction of sp³-hybridized carbons (Fsp3) is 0.143. The molecular weight excluding hydrogens is 169 g/mol. The van der Waals surface area contributed by atoms with Crippen LogP contribution < -0.4 is 0 Å². The summed E-state index contributed by atoms with van der Waals surface area (Å²) in [5, 5.41) is 12.9. The molecule has 0 bridgehead atoms. The second-order valence-corrected chi connectivity index (χ2v) is 1.81. The molecule has 0 aliphatic heterocycles. The lowest BCUT2D eigenvalue weighted by Gasteiger charge is -2.05. The van der Waals surface area contributed by atoms with Crippen molar-refractivity contribution >= 4 is 12.4 Å². The highest BCUT2D eigenvalue weighted by molar-refractivity contribution is 5.73. The van der Waals surface area contributed by atoms with E-state index in [0.717, 1.165) is 18.4 Å². The van der Waals surface area contributed by atoms with Crippen LogP contribution in [0.3, 0.4) is 0 Å². The standard InChI is InChI=1S/C7H7F3N2/c8-7(9,10)6(3-5-12)2-1-4-11/h1-5,11-12H/b2-1-,6-3+,11-4?,12-5?. The summed E-state index contributed by atoms with van der Waals surface area (Å²) in [5.74, 6) is 0. The number of hydrogen-bond acceptors (Lipinski definition) is 2. The number of rotatable bonds is 3. The van der Waals surface area contributed by atoms with Crippen molar-refractivity contribution in [1.29, 1.82) is 10.8 Å². The molecule has 12 heavy (non-hydrogen) atoms. The molecule has 0 aromatic heterocycles. The minimum absolute atomic E-state index is 0.553. The summed E-state index contributed by atoms with van der Waals surface area (Å²) in [4.78, 5) is 0. The third kappa shape index (κ3) is 3.70. The van der Waals surface area contributed by atoms with E-state index in [1.54, 1.807) is 0 Å². The van der Waals surface area contributed by atoms with Crippen LogP contribution in [-0.2, 0) is 0 Å².